The summed E-state index contributed by atoms with van der Waals surface area (Å²) in [5, 5.41) is 1.41. The lowest BCUT2D eigenvalue weighted by Crippen LogP contribution is -2.41. The van der Waals surface area contributed by atoms with E-state index >= 15 is 0 Å². The third kappa shape index (κ3) is 4.58. The Morgan fingerprint density at radius 1 is 1.17 bits per heavy atom. The van der Waals surface area contributed by atoms with Gasteiger partial charge in [-0.2, -0.15) is 0 Å². The molecule has 0 spiro atoms. The van der Waals surface area contributed by atoms with Crippen molar-refractivity contribution in [3.8, 4) is 10.4 Å². The summed E-state index contributed by atoms with van der Waals surface area (Å²) in [5.41, 5.74) is 2.20. The van der Waals surface area contributed by atoms with Gasteiger partial charge in [0.2, 0.25) is 0 Å². The van der Waals surface area contributed by atoms with Gasteiger partial charge in [0.25, 0.3) is 5.91 Å². The maximum absolute atomic E-state index is 13.7. The Hall–Kier alpha value is -2.22. The number of hydrogen-bond acceptors (Lipinski definition) is 5. The van der Waals surface area contributed by atoms with Crippen LogP contribution >= 0.6 is 22.9 Å². The molecular weight excluding hydrogens is 440 g/mol. The number of carbonyl (C=O) groups excluding carboxylic acids is 1. The minimum Gasteiger partial charge on any atom is -0.329 e. The molecule has 8 heteroatoms. The highest BCUT2D eigenvalue weighted by atomic mass is 35.5. The molecule has 1 aromatic heterocycles. The second kappa shape index (κ2) is 8.49. The number of halogens is 1. The van der Waals surface area contributed by atoms with E-state index in [1.165, 1.54) is 11.3 Å². The lowest BCUT2D eigenvalue weighted by Gasteiger charge is -2.28. The number of hydrogen-bond donors (Lipinski definition) is 0. The van der Waals surface area contributed by atoms with Crippen molar-refractivity contribution in [3.63, 3.8) is 0 Å². The highest BCUT2D eigenvalue weighted by Crippen LogP contribution is 2.32. The summed E-state index contributed by atoms with van der Waals surface area (Å²) >= 11 is 7.46. The molecular formula is C22H21ClN2O3S2. The Bertz CT molecular complexity index is 1160. The number of benzene rings is 2. The van der Waals surface area contributed by atoms with E-state index in [9.17, 15) is 13.2 Å². The second-order valence-corrected chi connectivity index (χ2v) is 11.3. The van der Waals surface area contributed by atoms with E-state index in [1.54, 1.807) is 17.0 Å². The first kappa shape index (κ1) is 21.0. The first-order valence-corrected chi connectivity index (χ1v) is 12.6. The van der Waals surface area contributed by atoms with Crippen LogP contribution in [0, 0.1) is 6.92 Å². The zero-order valence-corrected chi connectivity index (χ0v) is 18.8. The zero-order valence-electron chi connectivity index (χ0n) is 16.4. The van der Waals surface area contributed by atoms with Crippen LogP contribution in [0.15, 0.2) is 54.6 Å². The SMILES string of the molecule is Cc1nc(C(=O)N(Cc2ccc(Cl)cc2)C2CCS(=O)(=O)C2)c(-c2ccccc2)s1. The molecule has 156 valence electrons. The van der Waals surface area contributed by atoms with Gasteiger partial charge >= 0.3 is 0 Å². The number of sulfone groups is 1. The van der Waals surface area contributed by atoms with Gasteiger partial charge in [0, 0.05) is 17.6 Å². The molecule has 2 heterocycles. The van der Waals surface area contributed by atoms with Crippen LogP contribution in [0.4, 0.5) is 0 Å². The fourth-order valence-electron chi connectivity index (χ4n) is 3.67. The summed E-state index contributed by atoms with van der Waals surface area (Å²) in [6.45, 7) is 2.18. The smallest absolute Gasteiger partial charge is 0.274 e. The third-order valence-electron chi connectivity index (χ3n) is 5.15. The average Bonchev–Trinajstić information content (AvgIpc) is 3.29. The molecule has 2 aromatic carbocycles. The Morgan fingerprint density at radius 2 is 1.87 bits per heavy atom. The van der Waals surface area contributed by atoms with Crippen LogP contribution in [0.3, 0.4) is 0 Å². The number of amides is 1. The molecule has 1 unspecified atom stereocenters. The Morgan fingerprint density at radius 3 is 2.50 bits per heavy atom. The lowest BCUT2D eigenvalue weighted by molar-refractivity contribution is 0.0676. The van der Waals surface area contributed by atoms with E-state index in [1.807, 2.05) is 49.4 Å². The van der Waals surface area contributed by atoms with E-state index in [2.05, 4.69) is 4.98 Å². The van der Waals surface area contributed by atoms with Gasteiger partial charge in [-0.1, -0.05) is 54.1 Å². The zero-order chi connectivity index (χ0) is 21.3. The summed E-state index contributed by atoms with van der Waals surface area (Å²) < 4.78 is 24.3. The Balaban J connectivity index is 1.72. The van der Waals surface area contributed by atoms with Gasteiger partial charge in [-0.05, 0) is 36.6 Å². The maximum Gasteiger partial charge on any atom is 0.274 e. The van der Waals surface area contributed by atoms with E-state index < -0.39 is 9.84 Å². The van der Waals surface area contributed by atoms with Crippen LogP contribution in [-0.4, -0.2) is 41.8 Å². The van der Waals surface area contributed by atoms with E-state index in [0.29, 0.717) is 23.7 Å². The topological polar surface area (TPSA) is 67.3 Å². The Labute approximate surface area is 185 Å². The molecule has 1 amide bonds. The number of rotatable bonds is 5. The van der Waals surface area contributed by atoms with Crippen molar-refractivity contribution in [3.05, 3.63) is 75.9 Å². The summed E-state index contributed by atoms with van der Waals surface area (Å²) in [7, 11) is -3.15. The molecule has 0 saturated carbocycles. The van der Waals surface area contributed by atoms with Crippen LogP contribution < -0.4 is 0 Å². The molecule has 4 rings (SSSR count). The summed E-state index contributed by atoms with van der Waals surface area (Å²) in [6.07, 6.45) is 0.436. The van der Waals surface area contributed by atoms with Gasteiger partial charge in [0.15, 0.2) is 9.84 Å². The highest BCUT2D eigenvalue weighted by Gasteiger charge is 2.36. The van der Waals surface area contributed by atoms with Crippen molar-refractivity contribution in [2.45, 2.75) is 25.9 Å². The fourth-order valence-corrected chi connectivity index (χ4v) is 6.44. The monoisotopic (exact) mass is 460 g/mol. The molecule has 3 aromatic rings. The molecule has 0 bridgehead atoms. The number of nitrogens with zero attached hydrogens (tertiary/aromatic N) is 2. The van der Waals surface area contributed by atoms with Crippen molar-refractivity contribution in [2.75, 3.05) is 11.5 Å². The van der Waals surface area contributed by atoms with Crippen molar-refractivity contribution < 1.29 is 13.2 Å². The molecule has 0 aliphatic carbocycles. The highest BCUT2D eigenvalue weighted by molar-refractivity contribution is 7.91. The van der Waals surface area contributed by atoms with Gasteiger partial charge in [0.05, 0.1) is 21.4 Å². The van der Waals surface area contributed by atoms with Crippen molar-refractivity contribution in [2.24, 2.45) is 0 Å². The number of carbonyl (C=O) groups is 1. The van der Waals surface area contributed by atoms with Crippen LogP contribution in [0.1, 0.15) is 27.5 Å². The molecule has 30 heavy (non-hydrogen) atoms. The first-order valence-electron chi connectivity index (χ1n) is 9.61. The number of aryl methyl sites for hydroxylation is 1. The van der Waals surface area contributed by atoms with Gasteiger partial charge in [0.1, 0.15) is 5.69 Å². The quantitative estimate of drug-likeness (QED) is 0.558. The van der Waals surface area contributed by atoms with E-state index in [4.69, 9.17) is 11.6 Å². The van der Waals surface area contributed by atoms with Gasteiger partial charge < -0.3 is 4.90 Å². The summed E-state index contributed by atoms with van der Waals surface area (Å²) in [4.78, 5) is 20.7. The van der Waals surface area contributed by atoms with E-state index in [0.717, 1.165) is 21.0 Å². The summed E-state index contributed by atoms with van der Waals surface area (Å²) in [5.74, 6) is -0.157. The molecule has 0 N–H and O–H groups in total. The van der Waals surface area contributed by atoms with Crippen LogP contribution in [0.25, 0.3) is 10.4 Å². The minimum absolute atomic E-state index is 0.0177. The standard InChI is InChI=1S/C22H21ClN2O3S2/c1-15-24-20(21(29-15)17-5-3-2-4-6-17)22(26)25(19-11-12-30(27,28)14-19)13-16-7-9-18(23)10-8-16/h2-10,19H,11-14H2,1H3. The molecule has 1 saturated heterocycles. The van der Waals surface area contributed by atoms with Crippen LogP contribution in [0.2, 0.25) is 5.02 Å². The predicted molar refractivity (Wildman–Crippen MR) is 121 cm³/mol. The average molecular weight is 461 g/mol. The van der Waals surface area contributed by atoms with Gasteiger partial charge in [-0.25, -0.2) is 13.4 Å². The molecule has 0 radical (unpaired) electrons. The third-order valence-corrected chi connectivity index (χ3v) is 8.17. The molecule has 5 nitrogen and oxygen atoms in total. The molecule has 1 aliphatic heterocycles. The molecule has 1 atom stereocenters. The van der Waals surface area contributed by atoms with Crippen molar-refractivity contribution >= 4 is 38.7 Å². The number of thiazole rings is 1. The second-order valence-electron chi connectivity index (χ2n) is 7.39. The Kier molecular flexibility index (Phi) is 5.95. The van der Waals surface area contributed by atoms with Gasteiger partial charge in [-0.15, -0.1) is 11.3 Å². The lowest BCUT2D eigenvalue weighted by atomic mass is 10.1. The van der Waals surface area contributed by atoms with Crippen molar-refractivity contribution in [1.29, 1.82) is 0 Å². The summed E-state index contributed by atoms with van der Waals surface area (Å²) in [6, 6.07) is 16.6. The fraction of sp³-hybridized carbons (Fsp3) is 0.273. The molecule has 1 fully saturated rings. The predicted octanol–water partition coefficient (Wildman–Crippen LogP) is 4.60. The minimum atomic E-state index is -3.15. The first-order chi connectivity index (χ1) is 14.3. The normalized spacial score (nSPS) is 17.7. The van der Waals surface area contributed by atoms with Crippen molar-refractivity contribution in [1.82, 2.24) is 9.88 Å². The maximum atomic E-state index is 13.7. The van der Waals surface area contributed by atoms with E-state index in [-0.39, 0.29) is 23.5 Å². The largest absolute Gasteiger partial charge is 0.329 e. The van der Waals surface area contributed by atoms with Gasteiger partial charge in [-0.3, -0.25) is 4.79 Å². The number of aromatic nitrogens is 1. The van der Waals surface area contributed by atoms with Crippen LogP contribution in [-0.2, 0) is 16.4 Å². The molecule has 1 aliphatic rings. The van der Waals surface area contributed by atoms with Crippen LogP contribution in [0.5, 0.6) is 0 Å².